The molecule has 3 aromatic rings. The van der Waals surface area contributed by atoms with E-state index in [1.807, 2.05) is 12.1 Å². The highest BCUT2D eigenvalue weighted by atomic mass is 19.4. The van der Waals surface area contributed by atoms with Crippen molar-refractivity contribution in [2.24, 2.45) is 11.1 Å². The molecule has 0 unspecified atom stereocenters. The molecule has 0 atom stereocenters. The first-order valence-electron chi connectivity index (χ1n) is 11.3. The summed E-state index contributed by atoms with van der Waals surface area (Å²) < 4.78 is 49.0. The molecule has 0 N–H and O–H groups in total. The summed E-state index contributed by atoms with van der Waals surface area (Å²) in [6.07, 6.45) is -2.35. The molecule has 11 heteroatoms. The Kier molecular flexibility index (Phi) is 7.96. The third kappa shape index (κ3) is 7.25. The Hall–Kier alpha value is -3.47. The molecule has 0 amide bonds. The van der Waals surface area contributed by atoms with E-state index in [2.05, 4.69) is 20.6 Å². The molecule has 0 saturated carbocycles. The monoisotopic (exact) mass is 489 g/mol. The van der Waals surface area contributed by atoms with Gasteiger partial charge in [0.1, 0.15) is 12.4 Å². The summed E-state index contributed by atoms with van der Waals surface area (Å²) >= 11 is 0. The topological polar surface area (TPSA) is 83.7 Å². The Balaban J connectivity index is 1.23. The van der Waals surface area contributed by atoms with Gasteiger partial charge in [0.05, 0.1) is 17.8 Å². The molecule has 2 aromatic carbocycles. The predicted molar refractivity (Wildman–Crippen MR) is 121 cm³/mol. The zero-order valence-corrected chi connectivity index (χ0v) is 19.2. The van der Waals surface area contributed by atoms with E-state index >= 15 is 0 Å². The molecular weight excluding hydrogens is 463 g/mol. The summed E-state index contributed by atoms with van der Waals surface area (Å²) in [6.45, 7) is 4.34. The van der Waals surface area contributed by atoms with E-state index in [0.29, 0.717) is 28.8 Å². The van der Waals surface area contributed by atoms with Crippen LogP contribution >= 0.6 is 0 Å². The Bertz CT molecular complexity index is 1110. The normalized spacial score (nSPS) is 15.3. The summed E-state index contributed by atoms with van der Waals surface area (Å²) in [7, 11) is 0. The molecule has 0 bridgehead atoms. The number of ether oxygens (including phenoxy) is 2. The van der Waals surface area contributed by atoms with E-state index in [-0.39, 0.29) is 13.2 Å². The second kappa shape index (κ2) is 11.3. The van der Waals surface area contributed by atoms with Gasteiger partial charge in [-0.1, -0.05) is 17.3 Å². The van der Waals surface area contributed by atoms with E-state index in [0.717, 1.165) is 50.3 Å². The molecule has 0 spiro atoms. The number of aromatic nitrogens is 4. The van der Waals surface area contributed by atoms with Crippen LogP contribution in [0.15, 0.2) is 53.7 Å². The number of hydrogen-bond donors (Lipinski definition) is 0. The maximum Gasteiger partial charge on any atom is 0.416 e. The van der Waals surface area contributed by atoms with Crippen molar-refractivity contribution in [3.8, 4) is 5.75 Å². The molecule has 1 aromatic heterocycles. The maximum atomic E-state index is 12.6. The van der Waals surface area contributed by atoms with Crippen molar-refractivity contribution in [2.45, 2.75) is 45.7 Å². The number of tetrazole rings is 1. The lowest BCUT2D eigenvalue weighted by atomic mass is 10.0. The lowest BCUT2D eigenvalue weighted by molar-refractivity contribution is -0.137. The second-order valence-electron chi connectivity index (χ2n) is 8.27. The van der Waals surface area contributed by atoms with Crippen molar-refractivity contribution in [1.29, 1.82) is 0 Å². The molecule has 0 aliphatic carbocycles. The summed E-state index contributed by atoms with van der Waals surface area (Å²) in [5, 5.41) is 16.6. The number of nitrogens with zero attached hydrogens (tertiary/aromatic N) is 5. The largest absolute Gasteiger partial charge is 0.485 e. The minimum absolute atomic E-state index is 0.0683. The quantitative estimate of drug-likeness (QED) is 0.322. The maximum absolute atomic E-state index is 12.6. The van der Waals surface area contributed by atoms with Crippen LogP contribution in [0.1, 0.15) is 42.3 Å². The average molecular weight is 489 g/mol. The molecule has 35 heavy (non-hydrogen) atoms. The molecule has 8 nitrogen and oxygen atoms in total. The Labute approximate surface area is 200 Å². The van der Waals surface area contributed by atoms with Crippen LogP contribution in [-0.2, 0) is 35.5 Å². The van der Waals surface area contributed by atoms with Gasteiger partial charge >= 0.3 is 6.18 Å². The van der Waals surface area contributed by atoms with E-state index in [9.17, 15) is 13.2 Å². The Morgan fingerprint density at radius 1 is 1.06 bits per heavy atom. The van der Waals surface area contributed by atoms with Crippen molar-refractivity contribution >= 4 is 5.71 Å². The van der Waals surface area contributed by atoms with Gasteiger partial charge in [0.15, 0.2) is 6.61 Å². The molecule has 1 saturated heterocycles. The van der Waals surface area contributed by atoms with Crippen LogP contribution in [0.5, 0.6) is 5.75 Å². The third-order valence-electron chi connectivity index (χ3n) is 5.61. The Morgan fingerprint density at radius 2 is 1.77 bits per heavy atom. The smallest absolute Gasteiger partial charge is 0.416 e. The van der Waals surface area contributed by atoms with Crippen LogP contribution in [0.25, 0.3) is 0 Å². The number of alkyl halides is 3. The SMILES string of the molecule is C/C(=N\OCc1ccc(C(F)(F)F)cc1)c1ccc(OCc2nnn(CC3CCOCC3)n2)cc1. The van der Waals surface area contributed by atoms with Crippen molar-refractivity contribution in [3.63, 3.8) is 0 Å². The number of rotatable bonds is 9. The molecule has 0 radical (unpaired) electrons. The summed E-state index contributed by atoms with van der Waals surface area (Å²) in [4.78, 5) is 6.91. The van der Waals surface area contributed by atoms with Gasteiger partial charge in [0, 0.05) is 13.2 Å². The van der Waals surface area contributed by atoms with E-state index < -0.39 is 11.7 Å². The van der Waals surface area contributed by atoms with E-state index in [1.165, 1.54) is 12.1 Å². The van der Waals surface area contributed by atoms with Crippen molar-refractivity contribution in [1.82, 2.24) is 20.2 Å². The summed E-state index contributed by atoms with van der Waals surface area (Å²) in [6, 6.07) is 12.1. The van der Waals surface area contributed by atoms with Gasteiger partial charge in [0.25, 0.3) is 0 Å². The molecule has 2 heterocycles. The first-order valence-corrected chi connectivity index (χ1v) is 11.3. The van der Waals surface area contributed by atoms with Crippen LogP contribution in [0, 0.1) is 5.92 Å². The van der Waals surface area contributed by atoms with Crippen LogP contribution in [-0.4, -0.2) is 39.1 Å². The van der Waals surface area contributed by atoms with Gasteiger partial charge in [-0.2, -0.15) is 18.0 Å². The highest BCUT2D eigenvalue weighted by Crippen LogP contribution is 2.29. The fourth-order valence-electron chi connectivity index (χ4n) is 3.56. The lowest BCUT2D eigenvalue weighted by Gasteiger charge is -2.20. The summed E-state index contributed by atoms with van der Waals surface area (Å²) in [5.41, 5.74) is 1.35. The van der Waals surface area contributed by atoms with Crippen molar-refractivity contribution in [2.75, 3.05) is 13.2 Å². The van der Waals surface area contributed by atoms with E-state index in [1.54, 1.807) is 23.9 Å². The molecular formula is C24H26F3N5O3. The zero-order valence-electron chi connectivity index (χ0n) is 19.2. The van der Waals surface area contributed by atoms with Crippen LogP contribution in [0.3, 0.4) is 0 Å². The molecule has 1 aliphatic heterocycles. The van der Waals surface area contributed by atoms with Crippen LogP contribution < -0.4 is 4.74 Å². The average Bonchev–Trinajstić information content (AvgIpc) is 3.30. The Morgan fingerprint density at radius 3 is 2.46 bits per heavy atom. The number of hydrogen-bond acceptors (Lipinski definition) is 7. The van der Waals surface area contributed by atoms with Gasteiger partial charge in [-0.3, -0.25) is 0 Å². The number of oxime groups is 1. The number of benzene rings is 2. The first-order chi connectivity index (χ1) is 16.9. The molecule has 1 aliphatic rings. The standard InChI is InChI=1S/C24H26F3N5O3/c1-17(30-35-15-19-2-6-21(7-3-19)24(25,26)27)20-4-8-22(9-5-20)34-16-23-28-31-32(29-23)14-18-10-12-33-13-11-18/h2-9,18H,10-16H2,1H3/b30-17+. The van der Waals surface area contributed by atoms with Crippen LogP contribution in [0.2, 0.25) is 0 Å². The minimum atomic E-state index is -4.36. The van der Waals surface area contributed by atoms with Crippen molar-refractivity contribution < 1.29 is 27.5 Å². The van der Waals surface area contributed by atoms with Gasteiger partial charge in [0.2, 0.25) is 5.82 Å². The van der Waals surface area contributed by atoms with Gasteiger partial charge in [-0.15, -0.1) is 10.2 Å². The third-order valence-corrected chi connectivity index (χ3v) is 5.61. The molecule has 186 valence electrons. The van der Waals surface area contributed by atoms with Gasteiger partial charge < -0.3 is 14.3 Å². The molecule has 4 rings (SSSR count). The first kappa shape index (κ1) is 24.6. The van der Waals surface area contributed by atoms with Gasteiger partial charge in [-0.05, 0) is 78.4 Å². The second-order valence-corrected chi connectivity index (χ2v) is 8.27. The minimum Gasteiger partial charge on any atom is -0.485 e. The highest BCUT2D eigenvalue weighted by molar-refractivity contribution is 5.98. The fourth-order valence-corrected chi connectivity index (χ4v) is 3.56. The van der Waals surface area contributed by atoms with Crippen molar-refractivity contribution in [3.05, 3.63) is 71.0 Å². The lowest BCUT2D eigenvalue weighted by Crippen LogP contribution is -2.21. The van der Waals surface area contributed by atoms with Gasteiger partial charge in [-0.25, -0.2) is 0 Å². The predicted octanol–water partition coefficient (Wildman–Crippen LogP) is 4.64. The van der Waals surface area contributed by atoms with E-state index in [4.69, 9.17) is 14.3 Å². The summed E-state index contributed by atoms with van der Waals surface area (Å²) in [5.74, 6) is 1.66. The molecule has 1 fully saturated rings. The fraction of sp³-hybridized carbons (Fsp3) is 0.417. The van der Waals surface area contributed by atoms with Crippen LogP contribution in [0.4, 0.5) is 13.2 Å². The highest BCUT2D eigenvalue weighted by Gasteiger charge is 2.29. The zero-order chi connectivity index (χ0) is 24.7. The number of halogens is 3.